The monoisotopic (exact) mass is 230 g/mol. The fourth-order valence-corrected chi connectivity index (χ4v) is 0.782. The summed E-state index contributed by atoms with van der Waals surface area (Å²) in [4.78, 5) is 3.22. The smallest absolute Gasteiger partial charge is 0.315 e. The lowest BCUT2D eigenvalue weighted by atomic mass is 10.2. The largest absolute Gasteiger partial charge is 0.409 e. The van der Waals surface area contributed by atoms with E-state index in [9.17, 15) is 17.6 Å². The molecule has 0 aliphatic heterocycles. The van der Waals surface area contributed by atoms with Gasteiger partial charge >= 0.3 is 6.18 Å². The Morgan fingerprint density at radius 1 is 1.36 bits per heavy atom. The topological polar surface area (TPSA) is 38.9 Å². The van der Waals surface area contributed by atoms with Crippen LogP contribution in [0, 0.1) is 5.82 Å². The molecule has 0 saturated heterocycles. The highest BCUT2D eigenvalue weighted by Crippen LogP contribution is 2.30. The second-order valence-electron chi connectivity index (χ2n) is 2.39. The molecule has 0 aliphatic carbocycles. The highest BCUT2D eigenvalue weighted by molar-refractivity contribution is 5.85. The zero-order chi connectivity index (χ0) is 10.1. The van der Waals surface area contributed by atoms with E-state index in [0.717, 1.165) is 12.3 Å². The van der Waals surface area contributed by atoms with Crippen LogP contribution < -0.4 is 5.73 Å². The molecule has 2 nitrogen and oxygen atoms in total. The first kappa shape index (κ1) is 13.1. The van der Waals surface area contributed by atoms with Gasteiger partial charge in [0.05, 0.1) is 0 Å². The van der Waals surface area contributed by atoms with Gasteiger partial charge in [-0.05, 0) is 12.1 Å². The summed E-state index contributed by atoms with van der Waals surface area (Å²) < 4.78 is 48.7. The van der Waals surface area contributed by atoms with Crippen LogP contribution in [0.25, 0.3) is 0 Å². The van der Waals surface area contributed by atoms with Gasteiger partial charge in [-0.1, -0.05) is 0 Å². The Morgan fingerprint density at radius 3 is 2.36 bits per heavy atom. The van der Waals surface area contributed by atoms with Crippen molar-refractivity contribution in [3.63, 3.8) is 0 Å². The van der Waals surface area contributed by atoms with Crippen LogP contribution in [-0.4, -0.2) is 11.2 Å². The molecule has 1 aromatic rings. The minimum atomic E-state index is -4.67. The third-order valence-electron chi connectivity index (χ3n) is 1.43. The van der Waals surface area contributed by atoms with Crippen LogP contribution in [-0.2, 0) is 0 Å². The standard InChI is InChI=1S/C7H6F4N2.ClH/c8-4-2-1-3-13-5(4)6(12)7(9,10)11;/h1-3,6H,12H2;1H. The zero-order valence-electron chi connectivity index (χ0n) is 6.75. The maximum atomic E-state index is 12.7. The molecular weight excluding hydrogens is 224 g/mol. The van der Waals surface area contributed by atoms with Crippen LogP contribution in [0.1, 0.15) is 11.7 Å². The molecule has 80 valence electrons. The number of hydrogen-bond donors (Lipinski definition) is 1. The van der Waals surface area contributed by atoms with Gasteiger partial charge in [0.25, 0.3) is 0 Å². The molecule has 1 unspecified atom stereocenters. The summed E-state index contributed by atoms with van der Waals surface area (Å²) in [5, 5.41) is 0. The predicted molar refractivity (Wildman–Crippen MR) is 44.4 cm³/mol. The molecule has 14 heavy (non-hydrogen) atoms. The number of halogens is 5. The molecule has 0 amide bonds. The summed E-state index contributed by atoms with van der Waals surface area (Å²) >= 11 is 0. The number of hydrogen-bond acceptors (Lipinski definition) is 2. The molecular formula is C7H7ClF4N2. The Morgan fingerprint density at radius 2 is 1.93 bits per heavy atom. The Bertz CT molecular complexity index is 302. The van der Waals surface area contributed by atoms with Crippen molar-refractivity contribution >= 4 is 12.4 Å². The molecule has 0 saturated carbocycles. The second kappa shape index (κ2) is 4.56. The van der Waals surface area contributed by atoms with Gasteiger partial charge < -0.3 is 5.73 Å². The molecule has 0 radical (unpaired) electrons. The van der Waals surface area contributed by atoms with E-state index < -0.39 is 23.7 Å². The molecule has 1 aromatic heterocycles. The second-order valence-corrected chi connectivity index (χ2v) is 2.39. The lowest BCUT2D eigenvalue weighted by molar-refractivity contribution is -0.150. The summed E-state index contributed by atoms with van der Waals surface area (Å²) in [5.41, 5.74) is 3.96. The molecule has 0 aromatic carbocycles. The minimum absolute atomic E-state index is 0. The molecule has 2 N–H and O–H groups in total. The van der Waals surface area contributed by atoms with E-state index in [1.54, 1.807) is 0 Å². The first-order valence-electron chi connectivity index (χ1n) is 3.35. The van der Waals surface area contributed by atoms with E-state index in [-0.39, 0.29) is 12.4 Å². The van der Waals surface area contributed by atoms with Crippen molar-refractivity contribution < 1.29 is 17.6 Å². The predicted octanol–water partition coefficient (Wildman–Crippen LogP) is 2.20. The van der Waals surface area contributed by atoms with E-state index >= 15 is 0 Å². The normalized spacial score (nSPS) is 13.2. The third-order valence-corrected chi connectivity index (χ3v) is 1.43. The first-order chi connectivity index (χ1) is 5.93. The molecule has 1 rings (SSSR count). The van der Waals surface area contributed by atoms with Gasteiger partial charge in [-0.2, -0.15) is 13.2 Å². The third kappa shape index (κ3) is 2.81. The zero-order valence-corrected chi connectivity index (χ0v) is 7.57. The van der Waals surface area contributed by atoms with E-state index in [0.29, 0.717) is 0 Å². The highest BCUT2D eigenvalue weighted by Gasteiger charge is 2.40. The number of aromatic nitrogens is 1. The van der Waals surface area contributed by atoms with Crippen molar-refractivity contribution in [1.82, 2.24) is 4.98 Å². The van der Waals surface area contributed by atoms with Crippen LogP contribution in [0.15, 0.2) is 18.3 Å². The van der Waals surface area contributed by atoms with Crippen LogP contribution in [0.3, 0.4) is 0 Å². The average Bonchev–Trinajstić information content (AvgIpc) is 2.02. The Labute approximate surface area is 83.5 Å². The van der Waals surface area contributed by atoms with Gasteiger partial charge in [0, 0.05) is 6.20 Å². The fourth-order valence-electron chi connectivity index (χ4n) is 0.782. The van der Waals surface area contributed by atoms with Crippen LogP contribution in [0.2, 0.25) is 0 Å². The lowest BCUT2D eigenvalue weighted by Gasteiger charge is -2.14. The maximum Gasteiger partial charge on any atom is 0.409 e. The Hall–Kier alpha value is -0.880. The van der Waals surface area contributed by atoms with Crippen molar-refractivity contribution in [2.24, 2.45) is 5.73 Å². The van der Waals surface area contributed by atoms with Gasteiger partial charge in [-0.25, -0.2) is 4.39 Å². The molecule has 0 fully saturated rings. The number of alkyl halides is 3. The van der Waals surface area contributed by atoms with E-state index in [1.165, 1.54) is 6.07 Å². The summed E-state index contributed by atoms with van der Waals surface area (Å²) in [7, 11) is 0. The van der Waals surface area contributed by atoms with Gasteiger partial charge in [-0.15, -0.1) is 12.4 Å². The van der Waals surface area contributed by atoms with Gasteiger partial charge in [0.1, 0.15) is 17.6 Å². The van der Waals surface area contributed by atoms with Crippen molar-refractivity contribution in [2.75, 3.05) is 0 Å². The number of nitrogens with two attached hydrogens (primary N) is 1. The highest BCUT2D eigenvalue weighted by atomic mass is 35.5. The lowest BCUT2D eigenvalue weighted by Crippen LogP contribution is -2.30. The van der Waals surface area contributed by atoms with E-state index in [2.05, 4.69) is 4.98 Å². The van der Waals surface area contributed by atoms with Gasteiger partial charge in [-0.3, -0.25) is 4.98 Å². The molecule has 0 spiro atoms. The van der Waals surface area contributed by atoms with Crippen molar-refractivity contribution in [1.29, 1.82) is 0 Å². The molecule has 7 heteroatoms. The Kier molecular flexibility index (Phi) is 4.28. The summed E-state index contributed by atoms with van der Waals surface area (Å²) in [6, 6.07) is -0.288. The van der Waals surface area contributed by atoms with E-state index in [4.69, 9.17) is 5.73 Å². The first-order valence-corrected chi connectivity index (χ1v) is 3.35. The molecule has 1 atom stereocenters. The van der Waals surface area contributed by atoms with Crippen molar-refractivity contribution in [2.45, 2.75) is 12.2 Å². The SMILES string of the molecule is Cl.NC(c1ncccc1F)C(F)(F)F. The Balaban J connectivity index is 0.00000169. The summed E-state index contributed by atoms with van der Waals surface area (Å²) in [5.74, 6) is -1.05. The van der Waals surface area contributed by atoms with Crippen LogP contribution in [0.5, 0.6) is 0 Å². The van der Waals surface area contributed by atoms with Crippen molar-refractivity contribution in [3.05, 3.63) is 29.8 Å². The average molecular weight is 231 g/mol. The number of pyridine rings is 1. The molecule has 1 heterocycles. The summed E-state index contributed by atoms with van der Waals surface area (Å²) in [6.45, 7) is 0. The molecule has 0 aliphatic rings. The van der Waals surface area contributed by atoms with Gasteiger partial charge in [0.15, 0.2) is 0 Å². The van der Waals surface area contributed by atoms with Crippen molar-refractivity contribution in [3.8, 4) is 0 Å². The van der Waals surface area contributed by atoms with Crippen LogP contribution in [0.4, 0.5) is 17.6 Å². The van der Waals surface area contributed by atoms with E-state index in [1.807, 2.05) is 0 Å². The van der Waals surface area contributed by atoms with Crippen LogP contribution >= 0.6 is 12.4 Å². The molecule has 0 bridgehead atoms. The summed E-state index contributed by atoms with van der Waals surface area (Å²) in [6.07, 6.45) is -3.61. The quantitative estimate of drug-likeness (QED) is 0.752. The number of nitrogens with zero attached hydrogens (tertiary/aromatic N) is 1. The van der Waals surface area contributed by atoms with Gasteiger partial charge in [0.2, 0.25) is 0 Å². The number of rotatable bonds is 1. The maximum absolute atomic E-state index is 12.7. The minimum Gasteiger partial charge on any atom is -0.315 e. The fraction of sp³-hybridized carbons (Fsp3) is 0.286.